The first-order chi connectivity index (χ1) is 14.9. The third-order valence-corrected chi connectivity index (χ3v) is 4.97. The van der Waals surface area contributed by atoms with Gasteiger partial charge in [0, 0.05) is 12.5 Å². The number of hydrogen-bond donors (Lipinski definition) is 3. The Morgan fingerprint density at radius 3 is 2.03 bits per heavy atom. The van der Waals surface area contributed by atoms with Gasteiger partial charge in [-0.15, -0.1) is 0 Å². The molecule has 0 spiro atoms. The fourth-order valence-corrected chi connectivity index (χ4v) is 3.21. The molecule has 0 bridgehead atoms. The van der Waals surface area contributed by atoms with E-state index in [2.05, 4.69) is 0 Å². The van der Waals surface area contributed by atoms with Crippen molar-refractivity contribution in [3.63, 3.8) is 0 Å². The van der Waals surface area contributed by atoms with Crippen LogP contribution in [0.4, 0.5) is 0 Å². The molecular weight excluding hydrogens is 404 g/mol. The van der Waals surface area contributed by atoms with Crippen LogP contribution in [0, 0.1) is 0 Å². The van der Waals surface area contributed by atoms with Crippen LogP contribution in [0.3, 0.4) is 0 Å². The van der Waals surface area contributed by atoms with Gasteiger partial charge >= 0.3 is 0 Å². The first-order valence-corrected chi connectivity index (χ1v) is 9.76. The number of hydrogen-bond acceptors (Lipinski definition) is 8. The lowest BCUT2D eigenvalue weighted by molar-refractivity contribution is -0.271. The second-order valence-electron chi connectivity index (χ2n) is 7.08. The zero-order valence-corrected chi connectivity index (χ0v) is 17.3. The summed E-state index contributed by atoms with van der Waals surface area (Å²) >= 11 is 0. The van der Waals surface area contributed by atoms with E-state index in [-0.39, 0.29) is 6.42 Å². The van der Waals surface area contributed by atoms with Gasteiger partial charge < -0.3 is 39.1 Å². The summed E-state index contributed by atoms with van der Waals surface area (Å²) in [5, 5.41) is 30.0. The summed E-state index contributed by atoms with van der Waals surface area (Å²) in [5.41, 5.74) is 1.80. The maximum atomic E-state index is 10.7. The maximum absolute atomic E-state index is 10.7. The number of rotatable bonds is 8. The van der Waals surface area contributed by atoms with Crippen molar-refractivity contribution in [2.24, 2.45) is 0 Å². The molecule has 5 atom stereocenters. The lowest BCUT2D eigenvalue weighted by atomic mass is 9.97. The highest BCUT2D eigenvalue weighted by molar-refractivity contribution is 5.71. The third kappa shape index (κ3) is 5.62. The predicted octanol–water partition coefficient (Wildman–Crippen LogP) is 1.65. The standard InChI is InChI=1S/C23H26O8/c1-28-17-11-15(12-18(13-17)29-2)4-3-14-5-7-16(8-6-14)30-23-22(27)21(26)20(25)19(31-23)9-10-24/h3-8,10-13,19-23,25-27H,9H2,1-2H3/b4-3+. The molecule has 1 aliphatic heterocycles. The summed E-state index contributed by atoms with van der Waals surface area (Å²) in [6.07, 6.45) is -2.20. The summed E-state index contributed by atoms with van der Waals surface area (Å²) in [7, 11) is 3.18. The molecule has 0 aromatic heterocycles. The molecule has 2 aromatic rings. The van der Waals surface area contributed by atoms with Crippen LogP contribution in [0.25, 0.3) is 12.2 Å². The molecule has 0 radical (unpaired) electrons. The molecule has 5 unspecified atom stereocenters. The molecule has 8 heteroatoms. The van der Waals surface area contributed by atoms with Crippen LogP contribution >= 0.6 is 0 Å². The summed E-state index contributed by atoms with van der Waals surface area (Å²) in [6, 6.07) is 12.6. The predicted molar refractivity (Wildman–Crippen MR) is 113 cm³/mol. The Morgan fingerprint density at radius 1 is 0.839 bits per heavy atom. The molecule has 1 heterocycles. The van der Waals surface area contributed by atoms with E-state index >= 15 is 0 Å². The molecule has 0 aliphatic carbocycles. The smallest absolute Gasteiger partial charge is 0.229 e. The number of ether oxygens (including phenoxy) is 4. The molecular formula is C23H26O8. The highest BCUT2D eigenvalue weighted by Gasteiger charge is 2.44. The normalized spacial score (nSPS) is 25.9. The average Bonchev–Trinajstić information content (AvgIpc) is 2.80. The summed E-state index contributed by atoms with van der Waals surface area (Å²) in [4.78, 5) is 10.7. The van der Waals surface area contributed by atoms with E-state index in [4.69, 9.17) is 18.9 Å². The van der Waals surface area contributed by atoms with Gasteiger partial charge in [-0.1, -0.05) is 24.3 Å². The van der Waals surface area contributed by atoms with E-state index in [9.17, 15) is 20.1 Å². The van der Waals surface area contributed by atoms with Gasteiger partial charge in [0.15, 0.2) is 0 Å². The van der Waals surface area contributed by atoms with Crippen molar-refractivity contribution in [2.45, 2.75) is 37.1 Å². The van der Waals surface area contributed by atoms with Gasteiger partial charge in [0.1, 0.15) is 41.8 Å². The Hall–Kier alpha value is -2.91. The zero-order chi connectivity index (χ0) is 22.4. The lowest BCUT2D eigenvalue weighted by Gasteiger charge is -2.39. The second kappa shape index (κ2) is 10.4. The van der Waals surface area contributed by atoms with Crippen LogP contribution in [0.2, 0.25) is 0 Å². The van der Waals surface area contributed by atoms with Crippen LogP contribution in [-0.2, 0) is 9.53 Å². The van der Waals surface area contributed by atoms with Crippen molar-refractivity contribution in [3.8, 4) is 17.2 Å². The third-order valence-electron chi connectivity index (χ3n) is 4.97. The van der Waals surface area contributed by atoms with Crippen molar-refractivity contribution in [1.82, 2.24) is 0 Å². The Morgan fingerprint density at radius 2 is 1.45 bits per heavy atom. The fraction of sp³-hybridized carbons (Fsp3) is 0.348. The van der Waals surface area contributed by atoms with Crippen molar-refractivity contribution in [1.29, 1.82) is 0 Å². The first kappa shape index (κ1) is 22.8. The van der Waals surface area contributed by atoms with Gasteiger partial charge in [0.05, 0.1) is 20.3 Å². The minimum atomic E-state index is -1.48. The van der Waals surface area contributed by atoms with Gasteiger partial charge in [0.2, 0.25) is 6.29 Å². The molecule has 2 aromatic carbocycles. The van der Waals surface area contributed by atoms with Crippen molar-refractivity contribution in [2.75, 3.05) is 14.2 Å². The Bertz CT molecular complexity index is 873. The molecule has 1 fully saturated rings. The Kier molecular flexibility index (Phi) is 7.64. The minimum absolute atomic E-state index is 0.121. The van der Waals surface area contributed by atoms with E-state index in [1.165, 1.54) is 0 Å². The monoisotopic (exact) mass is 430 g/mol. The molecule has 8 nitrogen and oxygen atoms in total. The van der Waals surface area contributed by atoms with Gasteiger partial charge in [-0.3, -0.25) is 0 Å². The Labute approximate surface area is 180 Å². The second-order valence-corrected chi connectivity index (χ2v) is 7.08. The number of methoxy groups -OCH3 is 2. The number of aliphatic hydroxyl groups is 3. The average molecular weight is 430 g/mol. The van der Waals surface area contributed by atoms with Crippen molar-refractivity contribution >= 4 is 18.4 Å². The number of carbonyl (C=O) groups excluding carboxylic acids is 1. The minimum Gasteiger partial charge on any atom is -0.497 e. The van der Waals surface area contributed by atoms with Crippen molar-refractivity contribution < 1.29 is 39.1 Å². The Balaban J connectivity index is 1.67. The summed E-state index contributed by atoms with van der Waals surface area (Å²) in [5.74, 6) is 1.78. The van der Waals surface area contributed by atoms with Gasteiger partial charge in [-0.2, -0.15) is 0 Å². The lowest BCUT2D eigenvalue weighted by Crippen LogP contribution is -2.59. The SMILES string of the molecule is COc1cc(/C=C/c2ccc(OC3OC(CC=O)C(O)C(O)C3O)cc2)cc(OC)c1. The highest BCUT2D eigenvalue weighted by atomic mass is 16.7. The van der Waals surface area contributed by atoms with E-state index in [1.807, 2.05) is 36.4 Å². The van der Waals surface area contributed by atoms with Crippen LogP contribution < -0.4 is 14.2 Å². The molecule has 31 heavy (non-hydrogen) atoms. The van der Waals surface area contributed by atoms with Gasteiger partial charge in [-0.05, 0) is 35.4 Å². The number of aliphatic hydroxyl groups excluding tert-OH is 3. The van der Waals surface area contributed by atoms with Gasteiger partial charge in [-0.25, -0.2) is 0 Å². The topological polar surface area (TPSA) is 115 Å². The van der Waals surface area contributed by atoms with E-state index in [0.717, 1.165) is 11.1 Å². The first-order valence-electron chi connectivity index (χ1n) is 9.76. The molecule has 1 saturated heterocycles. The van der Waals surface area contributed by atoms with Crippen LogP contribution in [0.15, 0.2) is 42.5 Å². The highest BCUT2D eigenvalue weighted by Crippen LogP contribution is 2.27. The number of benzene rings is 2. The quantitative estimate of drug-likeness (QED) is 0.428. The van der Waals surface area contributed by atoms with Crippen molar-refractivity contribution in [3.05, 3.63) is 53.6 Å². The molecule has 166 valence electrons. The maximum Gasteiger partial charge on any atom is 0.229 e. The molecule has 0 amide bonds. The van der Waals surface area contributed by atoms with E-state index in [1.54, 1.807) is 32.4 Å². The fourth-order valence-electron chi connectivity index (χ4n) is 3.21. The summed E-state index contributed by atoms with van der Waals surface area (Å²) in [6.45, 7) is 0. The summed E-state index contributed by atoms with van der Waals surface area (Å²) < 4.78 is 21.6. The van der Waals surface area contributed by atoms with Crippen LogP contribution in [0.5, 0.6) is 17.2 Å². The van der Waals surface area contributed by atoms with E-state index in [0.29, 0.717) is 23.5 Å². The van der Waals surface area contributed by atoms with Crippen LogP contribution in [0.1, 0.15) is 17.5 Å². The van der Waals surface area contributed by atoms with Crippen LogP contribution in [-0.4, -0.2) is 66.5 Å². The molecule has 0 saturated carbocycles. The molecule has 1 aliphatic rings. The number of aldehydes is 1. The largest absolute Gasteiger partial charge is 0.497 e. The van der Waals surface area contributed by atoms with E-state index < -0.39 is 30.7 Å². The zero-order valence-electron chi connectivity index (χ0n) is 17.3. The van der Waals surface area contributed by atoms with Gasteiger partial charge in [0.25, 0.3) is 0 Å². The molecule has 3 N–H and O–H groups in total. The number of carbonyl (C=O) groups is 1. The molecule has 3 rings (SSSR count).